The number of aryl methyl sites for hydroxylation is 2. The van der Waals surface area contributed by atoms with Crippen molar-refractivity contribution in [1.82, 2.24) is 0 Å². The Morgan fingerprint density at radius 1 is 0.350 bits per heavy atom. The van der Waals surface area contributed by atoms with Gasteiger partial charge in [-0.25, -0.2) is 0 Å². The van der Waals surface area contributed by atoms with E-state index >= 15 is 0 Å². The van der Waals surface area contributed by atoms with Gasteiger partial charge in [-0.1, -0.05) is 167 Å². The normalized spacial score (nSPS) is 15.2. The summed E-state index contributed by atoms with van der Waals surface area (Å²) in [5, 5.41) is 5.12. The standard InChI is InChI=1S/C59H47N/c1-58(2)51-20-12-10-16-43(51)48-33-40(28-31-52(48)58)57-46-18-8-7-17-45(46)56(41-25-24-37-23-22-36-14-6-13-21-54(36)60(5)55(37)35-41)47-30-27-38(32-49(47)57)39-26-29-44-42-15-9-11-19-50(42)59(3,4)53(44)34-39/h6-21,24-35H,22-23H2,1-5H3. The number of para-hydroxylation sites is 1. The molecule has 12 rings (SSSR count). The molecule has 1 heteroatoms. The first-order valence-corrected chi connectivity index (χ1v) is 21.6. The van der Waals surface area contributed by atoms with E-state index < -0.39 is 0 Å². The summed E-state index contributed by atoms with van der Waals surface area (Å²) < 4.78 is 0. The van der Waals surface area contributed by atoms with Crippen LogP contribution in [0.5, 0.6) is 0 Å². The second-order valence-corrected chi connectivity index (χ2v) is 18.4. The van der Waals surface area contributed by atoms with Gasteiger partial charge in [-0.2, -0.15) is 0 Å². The van der Waals surface area contributed by atoms with E-state index in [-0.39, 0.29) is 10.8 Å². The van der Waals surface area contributed by atoms with Crippen LogP contribution in [0.3, 0.4) is 0 Å². The molecule has 288 valence electrons. The minimum absolute atomic E-state index is 0.0500. The predicted molar refractivity (Wildman–Crippen MR) is 255 cm³/mol. The molecule has 1 nitrogen and oxygen atoms in total. The summed E-state index contributed by atoms with van der Waals surface area (Å²) in [5.74, 6) is 0. The van der Waals surface area contributed by atoms with E-state index in [1.807, 2.05) is 0 Å². The average molecular weight is 770 g/mol. The van der Waals surface area contributed by atoms with Crippen molar-refractivity contribution in [3.8, 4) is 55.6 Å². The van der Waals surface area contributed by atoms with Gasteiger partial charge in [0, 0.05) is 29.3 Å². The fraction of sp³-hybridized carbons (Fsp3) is 0.153. The fourth-order valence-corrected chi connectivity index (χ4v) is 11.4. The van der Waals surface area contributed by atoms with Crippen LogP contribution in [0, 0.1) is 0 Å². The lowest BCUT2D eigenvalue weighted by molar-refractivity contribution is 0.660. The zero-order valence-electron chi connectivity index (χ0n) is 35.0. The van der Waals surface area contributed by atoms with Crippen LogP contribution in [-0.2, 0) is 23.7 Å². The molecule has 0 amide bonds. The summed E-state index contributed by atoms with van der Waals surface area (Å²) in [7, 11) is 2.24. The molecule has 3 aliphatic rings. The van der Waals surface area contributed by atoms with Crippen molar-refractivity contribution in [3.63, 3.8) is 0 Å². The van der Waals surface area contributed by atoms with Gasteiger partial charge in [0.25, 0.3) is 0 Å². The molecule has 9 aromatic carbocycles. The van der Waals surface area contributed by atoms with Gasteiger partial charge in [-0.3, -0.25) is 0 Å². The molecule has 0 radical (unpaired) electrons. The highest BCUT2D eigenvalue weighted by Gasteiger charge is 2.37. The van der Waals surface area contributed by atoms with Gasteiger partial charge in [0.2, 0.25) is 0 Å². The molecule has 0 fully saturated rings. The molecule has 0 bridgehead atoms. The Bertz CT molecular complexity index is 3280. The quantitative estimate of drug-likeness (QED) is 0.162. The Kier molecular flexibility index (Phi) is 7.44. The molecule has 60 heavy (non-hydrogen) atoms. The average Bonchev–Trinajstić information content (AvgIpc) is 3.58. The Morgan fingerprint density at radius 3 is 1.62 bits per heavy atom. The number of rotatable bonds is 3. The zero-order chi connectivity index (χ0) is 40.5. The SMILES string of the molecule is CN1c2ccccc2CCc2ccc(-c3c4ccccc4c(-c4ccc5c(c4)-c4ccccc4C5(C)C)c4cc(-c5ccc6c(c5)C(C)(C)c5ccccc5-6)ccc34)cc21. The Hall–Kier alpha value is -6.70. The van der Waals surface area contributed by atoms with Gasteiger partial charge < -0.3 is 4.90 Å². The highest BCUT2D eigenvalue weighted by atomic mass is 15.1. The van der Waals surface area contributed by atoms with E-state index in [0.717, 1.165) is 12.8 Å². The first-order valence-electron chi connectivity index (χ1n) is 21.6. The summed E-state index contributed by atoms with van der Waals surface area (Å²) in [4.78, 5) is 2.41. The van der Waals surface area contributed by atoms with E-state index in [4.69, 9.17) is 0 Å². The molecular weight excluding hydrogens is 723 g/mol. The fourth-order valence-electron chi connectivity index (χ4n) is 11.4. The third kappa shape index (κ3) is 4.93. The van der Waals surface area contributed by atoms with Gasteiger partial charge in [-0.05, 0) is 154 Å². The van der Waals surface area contributed by atoms with Crippen molar-refractivity contribution >= 4 is 32.9 Å². The van der Waals surface area contributed by atoms with Crippen LogP contribution in [0.4, 0.5) is 11.4 Å². The van der Waals surface area contributed by atoms with Crippen LogP contribution < -0.4 is 4.90 Å². The molecule has 1 aliphatic heterocycles. The lowest BCUT2D eigenvalue weighted by Gasteiger charge is -2.24. The smallest absolute Gasteiger partial charge is 0.0447 e. The van der Waals surface area contributed by atoms with Gasteiger partial charge >= 0.3 is 0 Å². The van der Waals surface area contributed by atoms with Crippen LogP contribution in [0.2, 0.25) is 0 Å². The minimum Gasteiger partial charge on any atom is -0.344 e. The summed E-state index contributed by atoms with van der Waals surface area (Å²) in [6.45, 7) is 9.50. The summed E-state index contributed by atoms with van der Waals surface area (Å²) in [6, 6.07) is 64.9. The van der Waals surface area contributed by atoms with E-state index in [9.17, 15) is 0 Å². The monoisotopic (exact) mass is 769 g/mol. The lowest BCUT2D eigenvalue weighted by atomic mass is 9.80. The summed E-state index contributed by atoms with van der Waals surface area (Å²) in [5.41, 5.74) is 23.9. The lowest BCUT2D eigenvalue weighted by Crippen LogP contribution is -2.14. The maximum Gasteiger partial charge on any atom is 0.0447 e. The van der Waals surface area contributed by atoms with E-state index in [1.165, 1.54) is 122 Å². The van der Waals surface area contributed by atoms with Gasteiger partial charge in [0.15, 0.2) is 0 Å². The number of anilines is 2. The first-order chi connectivity index (χ1) is 29.2. The Morgan fingerprint density at radius 2 is 0.850 bits per heavy atom. The summed E-state index contributed by atoms with van der Waals surface area (Å²) in [6.07, 6.45) is 2.08. The molecule has 0 aromatic heterocycles. The molecule has 0 saturated carbocycles. The third-order valence-electron chi connectivity index (χ3n) is 14.6. The Balaban J connectivity index is 1.12. The van der Waals surface area contributed by atoms with Crippen molar-refractivity contribution in [3.05, 3.63) is 203 Å². The highest BCUT2D eigenvalue weighted by Crippen LogP contribution is 2.53. The minimum atomic E-state index is -0.0686. The van der Waals surface area contributed by atoms with Gasteiger partial charge in [0.05, 0.1) is 0 Å². The van der Waals surface area contributed by atoms with Gasteiger partial charge in [0.1, 0.15) is 0 Å². The highest BCUT2D eigenvalue weighted by molar-refractivity contribution is 6.22. The molecule has 0 N–H and O–H groups in total. The molecule has 0 saturated heterocycles. The molecule has 1 heterocycles. The van der Waals surface area contributed by atoms with Crippen LogP contribution in [0.1, 0.15) is 61.1 Å². The van der Waals surface area contributed by atoms with Crippen molar-refractivity contribution < 1.29 is 0 Å². The van der Waals surface area contributed by atoms with Crippen molar-refractivity contribution in [1.29, 1.82) is 0 Å². The Labute approximate surface area is 353 Å². The van der Waals surface area contributed by atoms with E-state index in [0.29, 0.717) is 0 Å². The zero-order valence-corrected chi connectivity index (χ0v) is 35.0. The van der Waals surface area contributed by atoms with E-state index in [2.05, 4.69) is 210 Å². The number of hydrogen-bond acceptors (Lipinski definition) is 1. The van der Waals surface area contributed by atoms with Crippen molar-refractivity contribution in [2.45, 2.75) is 51.4 Å². The number of fused-ring (bicyclic) bond motifs is 10. The topological polar surface area (TPSA) is 3.24 Å². The van der Waals surface area contributed by atoms with Crippen molar-refractivity contribution in [2.75, 3.05) is 11.9 Å². The van der Waals surface area contributed by atoms with E-state index in [1.54, 1.807) is 0 Å². The van der Waals surface area contributed by atoms with Crippen molar-refractivity contribution in [2.24, 2.45) is 0 Å². The molecule has 2 aliphatic carbocycles. The maximum absolute atomic E-state index is 2.49. The second kappa shape index (κ2) is 12.7. The van der Waals surface area contributed by atoms with Gasteiger partial charge in [-0.15, -0.1) is 0 Å². The van der Waals surface area contributed by atoms with Crippen LogP contribution >= 0.6 is 0 Å². The molecule has 0 unspecified atom stereocenters. The second-order valence-electron chi connectivity index (χ2n) is 18.4. The maximum atomic E-state index is 2.49. The molecule has 9 aromatic rings. The largest absolute Gasteiger partial charge is 0.344 e. The number of nitrogens with zero attached hydrogens (tertiary/aromatic N) is 1. The van der Waals surface area contributed by atoms with Crippen LogP contribution in [0.25, 0.3) is 77.2 Å². The number of benzene rings is 9. The van der Waals surface area contributed by atoms with Crippen LogP contribution in [-0.4, -0.2) is 7.05 Å². The van der Waals surface area contributed by atoms with Crippen LogP contribution in [0.15, 0.2) is 170 Å². The number of hydrogen-bond donors (Lipinski definition) is 0. The predicted octanol–water partition coefficient (Wildman–Crippen LogP) is 15.5. The molecule has 0 spiro atoms. The third-order valence-corrected chi connectivity index (χ3v) is 14.6. The first kappa shape index (κ1) is 35.3. The molecular formula is C59H47N. The molecule has 0 atom stereocenters. The summed E-state index contributed by atoms with van der Waals surface area (Å²) >= 11 is 0.